The van der Waals surface area contributed by atoms with Crippen LogP contribution in [0.2, 0.25) is 16.6 Å². The fraction of sp³-hybridized carbons (Fsp3) is 0.353. The van der Waals surface area contributed by atoms with Gasteiger partial charge in [-0.3, -0.25) is 0 Å². The number of hydrogen-bond donors (Lipinski definition) is 0. The zero-order valence-corrected chi connectivity index (χ0v) is 64.2. The van der Waals surface area contributed by atoms with E-state index in [-0.39, 0.29) is 58.2 Å². The summed E-state index contributed by atoms with van der Waals surface area (Å²) in [5.74, 6) is 5.99. The van der Waals surface area contributed by atoms with Crippen LogP contribution < -0.4 is 5.19 Å². The van der Waals surface area contributed by atoms with Crippen LogP contribution >= 0.6 is 0 Å². The summed E-state index contributed by atoms with van der Waals surface area (Å²) in [6.07, 6.45) is 113. The van der Waals surface area contributed by atoms with E-state index in [1.54, 1.807) is 16.8 Å². The van der Waals surface area contributed by atoms with E-state index >= 15 is 8.78 Å². The molecule has 0 bridgehead atoms. The average molecular weight is 1460 g/mol. The summed E-state index contributed by atoms with van der Waals surface area (Å²) in [5, 5.41) is 1.57. The highest BCUT2D eigenvalue weighted by molar-refractivity contribution is 6.97. The van der Waals surface area contributed by atoms with Crippen molar-refractivity contribution >= 4 is 13.3 Å². The number of rotatable bonds is 18. The first-order valence-corrected chi connectivity index (χ1v) is 43.9. The molecule has 1 aromatic carbocycles. The first-order chi connectivity index (χ1) is 53.7. The van der Waals surface area contributed by atoms with Crippen molar-refractivity contribution in [2.75, 3.05) is 0 Å². The highest BCUT2D eigenvalue weighted by Gasteiger charge is 2.65. The van der Waals surface area contributed by atoms with Crippen LogP contribution in [0.3, 0.4) is 0 Å². The summed E-state index contributed by atoms with van der Waals surface area (Å²) in [4.78, 5) is 5.34. The molecule has 7 heteroatoms. The first-order valence-electron chi connectivity index (χ1n) is 41.7. The van der Waals surface area contributed by atoms with E-state index in [1.165, 1.54) is 68.2 Å². The van der Waals surface area contributed by atoms with Crippen LogP contribution in [0.25, 0.3) is 0 Å². The number of allylic oxidation sites excluding steroid dienone is 53. The van der Waals surface area contributed by atoms with E-state index in [0.717, 1.165) is 138 Å². The smallest absolute Gasteiger partial charge is 0.122 e. The van der Waals surface area contributed by atoms with Gasteiger partial charge in [-0.15, -0.1) is 0 Å². The zero-order chi connectivity index (χ0) is 73.2. The van der Waals surface area contributed by atoms with Gasteiger partial charge in [0.1, 0.15) is 37.3 Å². The largest absolute Gasteiger partial charge is 0.466 e. The Morgan fingerprint density at radius 3 is 1.72 bits per heavy atom. The van der Waals surface area contributed by atoms with Crippen molar-refractivity contribution in [2.24, 2.45) is 58.2 Å². The summed E-state index contributed by atoms with van der Waals surface area (Å²) >= 11 is 0. The lowest BCUT2D eigenvalue weighted by atomic mass is 9.57. The van der Waals surface area contributed by atoms with E-state index in [1.807, 2.05) is 18.2 Å². The van der Waals surface area contributed by atoms with E-state index in [4.69, 9.17) is 9.47 Å². The topological polar surface area (TPSA) is 24.9 Å². The molecule has 0 aromatic heterocycles. The molecule has 109 heavy (non-hydrogen) atoms. The first kappa shape index (κ1) is 70.1. The number of fused-ring (bicyclic) bond motifs is 8. The third kappa shape index (κ3) is 12.1. The van der Waals surface area contributed by atoms with Gasteiger partial charge in [0.2, 0.25) is 0 Å². The summed E-state index contributed by atoms with van der Waals surface area (Å²) in [5.41, 5.74) is 18.2. The molecular weight excluding hydrogens is 1350 g/mol. The Bertz CT molecular complexity index is 4900. The third-order valence-electron chi connectivity index (χ3n) is 28.7. The van der Waals surface area contributed by atoms with Crippen LogP contribution in [0.1, 0.15) is 135 Å². The van der Waals surface area contributed by atoms with Gasteiger partial charge < -0.3 is 19.3 Å². The normalized spacial score (nSPS) is 35.6. The van der Waals surface area contributed by atoms with Gasteiger partial charge in [-0.25, -0.2) is 8.78 Å². The van der Waals surface area contributed by atoms with Crippen LogP contribution in [0.4, 0.5) is 8.78 Å². The Kier molecular flexibility index (Phi) is 19.0. The molecule has 0 spiro atoms. The van der Waals surface area contributed by atoms with Crippen molar-refractivity contribution in [3.63, 3.8) is 0 Å². The molecule has 1 aromatic rings. The minimum absolute atomic E-state index is 0.0176. The Hall–Kier alpha value is -9.30. The molecular formula is C102H104F2N2O2Si. The van der Waals surface area contributed by atoms with Crippen molar-refractivity contribution in [3.8, 4) is 0 Å². The average Bonchev–Trinajstić information content (AvgIpc) is 1.55. The van der Waals surface area contributed by atoms with E-state index < -0.39 is 14.2 Å². The molecule has 1 saturated carbocycles. The molecule has 19 rings (SSSR count). The maximum atomic E-state index is 15.8. The second-order valence-electron chi connectivity index (χ2n) is 33.7. The fourth-order valence-electron chi connectivity index (χ4n) is 24.1. The molecule has 2 fully saturated rings. The standard InChI is InChI=1S/C102H104F2N2O2Si/c1-3-69-33-53-83(54-34-69)107-85-57-37-73(38-58-85)101(71-21-9-5-10-22-71)95-31-19-17-29-89(95)91-61-49-81(67-97(91)101)105(77-45-41-75(103)42-46-77)79-51-63-99-93(65-79)94-66-80(52-64-100(94)109(99,87-25-13-7-14-26-87)88-27-15-8-16-28-88)106(78-47-43-76(104)44-48-78)82-50-62-92-90-30-18-20-32-96(90)102(98(92)68-82,72-23-11-6-12-24-72)74-39-59-86(60-40-74)108-84-55-35-70(4-2)36-56-84/h3-9,11,13-15,17-21,23,25-26,29-33,35,37,39,41,43,45-46,49,51-53,55,57,59,61,63-68,75,78,88-91,93-97,99-100H,1-2,10,12,16,22,24,27-28,34,36,38,40,42,44,47-48,50,54,56,58,60,62H2. The van der Waals surface area contributed by atoms with Gasteiger partial charge in [-0.2, -0.15) is 0 Å². The molecule has 16 atom stereocenters. The van der Waals surface area contributed by atoms with Gasteiger partial charge in [-0.05, 0) is 226 Å². The molecule has 0 radical (unpaired) electrons. The monoisotopic (exact) mass is 1450 g/mol. The van der Waals surface area contributed by atoms with Crippen LogP contribution in [0, 0.1) is 58.2 Å². The van der Waals surface area contributed by atoms with Gasteiger partial charge in [-0.1, -0.05) is 259 Å². The molecule has 18 aliphatic rings. The second kappa shape index (κ2) is 29.5. The minimum Gasteiger partial charge on any atom is -0.466 e. The summed E-state index contributed by atoms with van der Waals surface area (Å²) in [7, 11) is -2.61. The number of alkyl halides is 1. The predicted octanol–water partition coefficient (Wildman–Crippen LogP) is 25.3. The Morgan fingerprint density at radius 1 is 0.468 bits per heavy atom. The van der Waals surface area contributed by atoms with Crippen LogP contribution in [-0.4, -0.2) is 30.1 Å². The van der Waals surface area contributed by atoms with Crippen LogP contribution in [0.15, 0.2) is 388 Å². The second-order valence-corrected chi connectivity index (χ2v) is 38.3. The van der Waals surface area contributed by atoms with Crippen molar-refractivity contribution < 1.29 is 18.3 Å². The number of nitrogens with zero attached hydrogens (tertiary/aromatic N) is 2. The summed E-state index contributed by atoms with van der Waals surface area (Å²) in [6, 6.07) is 12.0. The maximum absolute atomic E-state index is 15.8. The molecule has 0 amide bonds. The summed E-state index contributed by atoms with van der Waals surface area (Å²) in [6.45, 7) is 8.07. The quantitative estimate of drug-likeness (QED) is 0.108. The molecule has 1 aliphatic heterocycles. The molecule has 1 heterocycles. The molecule has 1 saturated heterocycles. The Balaban J connectivity index is 0.747. The van der Waals surface area contributed by atoms with Crippen molar-refractivity contribution in [1.29, 1.82) is 0 Å². The predicted molar refractivity (Wildman–Crippen MR) is 446 cm³/mol. The number of hydrogen-bond acceptors (Lipinski definition) is 4. The highest BCUT2D eigenvalue weighted by Crippen LogP contribution is 2.70. The van der Waals surface area contributed by atoms with Crippen molar-refractivity contribution in [3.05, 3.63) is 388 Å². The van der Waals surface area contributed by atoms with E-state index in [9.17, 15) is 0 Å². The van der Waals surface area contributed by atoms with Crippen molar-refractivity contribution in [2.45, 2.75) is 164 Å². The number of benzene rings is 1. The number of halogens is 2. The number of ether oxygens (including phenoxy) is 2. The zero-order valence-electron chi connectivity index (χ0n) is 63.2. The van der Waals surface area contributed by atoms with Crippen molar-refractivity contribution in [1.82, 2.24) is 9.80 Å². The molecule has 0 N–H and O–H groups in total. The molecule has 4 nitrogen and oxygen atoms in total. The van der Waals surface area contributed by atoms with Gasteiger partial charge in [0.25, 0.3) is 0 Å². The SMILES string of the molecule is C=CC1=CC=C(OC2=CC=C(C3(C4=CC=CCC4)C4=C(CCC(N(C5=CC6C7C=C(N(C8=CCC(F)C=C8)C8=CC9C(C=C8)C8C=CC=CC8C9(C8=CC=CCC8)C8=CC=C(OC9=CC=C(C=C)CC9)CC8)C=CC7[Si](c7ccccc7)(C7CC=CCC7)C6C=C5)C5CC=C(F)CC5)=C4)C4C=CC=CC43)CC2)CC1. The molecule has 16 unspecified atom stereocenters. The lowest BCUT2D eigenvalue weighted by molar-refractivity contribution is 0.249. The fourth-order valence-corrected chi connectivity index (χ4v) is 31.5. The van der Waals surface area contributed by atoms with Crippen LogP contribution in [0.5, 0.6) is 0 Å². The van der Waals surface area contributed by atoms with Gasteiger partial charge in [0.05, 0.1) is 5.83 Å². The van der Waals surface area contributed by atoms with Gasteiger partial charge >= 0.3 is 0 Å². The summed E-state index contributed by atoms with van der Waals surface area (Å²) < 4.78 is 45.2. The van der Waals surface area contributed by atoms with E-state index in [0.29, 0.717) is 47.7 Å². The lowest BCUT2D eigenvalue weighted by Gasteiger charge is -2.47. The van der Waals surface area contributed by atoms with Gasteiger partial charge in [0.15, 0.2) is 0 Å². The third-order valence-corrected chi connectivity index (χ3v) is 35.3. The minimum atomic E-state index is -2.61. The Morgan fingerprint density at radius 2 is 1.08 bits per heavy atom. The Labute approximate surface area is 647 Å². The lowest BCUT2D eigenvalue weighted by Crippen LogP contribution is -2.56. The molecule has 17 aliphatic carbocycles. The highest BCUT2D eigenvalue weighted by atomic mass is 28.3. The van der Waals surface area contributed by atoms with E-state index in [2.05, 4.69) is 272 Å². The maximum Gasteiger partial charge on any atom is 0.122 e. The van der Waals surface area contributed by atoms with Gasteiger partial charge in [0, 0.05) is 95.7 Å². The molecule has 552 valence electrons. The van der Waals surface area contributed by atoms with Crippen LogP contribution in [-0.2, 0) is 9.47 Å².